The van der Waals surface area contributed by atoms with Gasteiger partial charge in [-0.3, -0.25) is 9.89 Å². The third-order valence-corrected chi connectivity index (χ3v) is 4.23. The molecule has 2 N–H and O–H groups in total. The van der Waals surface area contributed by atoms with E-state index in [2.05, 4.69) is 27.6 Å². The van der Waals surface area contributed by atoms with Gasteiger partial charge < -0.3 is 9.47 Å². The van der Waals surface area contributed by atoms with Crippen molar-refractivity contribution in [2.45, 2.75) is 19.8 Å². The van der Waals surface area contributed by atoms with Crippen molar-refractivity contribution in [3.63, 3.8) is 0 Å². The number of hydrogen-bond donors (Lipinski definition) is 2. The van der Waals surface area contributed by atoms with Crippen LogP contribution < -0.4 is 14.9 Å². The van der Waals surface area contributed by atoms with Crippen molar-refractivity contribution in [1.82, 2.24) is 15.6 Å². The van der Waals surface area contributed by atoms with Crippen LogP contribution >= 0.6 is 0 Å². The van der Waals surface area contributed by atoms with Crippen molar-refractivity contribution >= 4 is 12.1 Å². The lowest BCUT2D eigenvalue weighted by atomic mass is 10.1. The molecule has 0 bridgehead atoms. The average molecular weight is 392 g/mol. The van der Waals surface area contributed by atoms with Crippen LogP contribution in [-0.4, -0.2) is 36.0 Å². The van der Waals surface area contributed by atoms with Gasteiger partial charge in [0, 0.05) is 5.56 Å². The number of ether oxygens (including phenoxy) is 2. The minimum Gasteiger partial charge on any atom is -0.497 e. The second kappa shape index (κ2) is 10.1. The van der Waals surface area contributed by atoms with Crippen LogP contribution in [0.25, 0.3) is 11.3 Å². The standard InChI is InChI=1S/C22H24N4O3/c1-3-4-13-29-19-11-7-17(8-12-19)20-14-21(25-24-20)22(27)26-23-15-16-5-9-18(28-2)10-6-16/h5-12,14-15H,3-4,13H2,1-2H3,(H,24,25)(H,26,27). The molecule has 0 aliphatic heterocycles. The molecule has 0 unspecified atom stereocenters. The van der Waals surface area contributed by atoms with Crippen molar-refractivity contribution in [3.05, 3.63) is 65.9 Å². The zero-order chi connectivity index (χ0) is 20.5. The predicted molar refractivity (Wildman–Crippen MR) is 112 cm³/mol. The molecule has 1 aromatic heterocycles. The Morgan fingerprint density at radius 3 is 2.55 bits per heavy atom. The second-order valence-electron chi connectivity index (χ2n) is 6.37. The van der Waals surface area contributed by atoms with Crippen molar-refractivity contribution < 1.29 is 14.3 Å². The molecule has 0 saturated carbocycles. The van der Waals surface area contributed by atoms with Gasteiger partial charge in [-0.25, -0.2) is 5.43 Å². The van der Waals surface area contributed by atoms with E-state index in [4.69, 9.17) is 9.47 Å². The number of carbonyl (C=O) groups excluding carboxylic acids is 1. The summed E-state index contributed by atoms with van der Waals surface area (Å²) in [7, 11) is 1.61. The summed E-state index contributed by atoms with van der Waals surface area (Å²) in [5, 5.41) is 10.9. The van der Waals surface area contributed by atoms with E-state index in [9.17, 15) is 4.79 Å². The number of unbranched alkanes of at least 4 members (excludes halogenated alkanes) is 1. The molecule has 7 heteroatoms. The maximum atomic E-state index is 12.2. The quantitative estimate of drug-likeness (QED) is 0.327. The van der Waals surface area contributed by atoms with Gasteiger partial charge >= 0.3 is 0 Å². The fourth-order valence-corrected chi connectivity index (χ4v) is 2.56. The van der Waals surface area contributed by atoms with Crippen LogP contribution in [0.2, 0.25) is 0 Å². The van der Waals surface area contributed by atoms with Crippen molar-refractivity contribution in [1.29, 1.82) is 0 Å². The highest BCUT2D eigenvalue weighted by atomic mass is 16.5. The number of benzene rings is 2. The van der Waals surface area contributed by atoms with Crippen LogP contribution in [0, 0.1) is 0 Å². The van der Waals surface area contributed by atoms with Gasteiger partial charge in [-0.1, -0.05) is 13.3 Å². The van der Waals surface area contributed by atoms with E-state index >= 15 is 0 Å². The highest BCUT2D eigenvalue weighted by Gasteiger charge is 2.10. The fraction of sp³-hybridized carbons (Fsp3) is 0.227. The average Bonchev–Trinajstić information content (AvgIpc) is 3.25. The highest BCUT2D eigenvalue weighted by Crippen LogP contribution is 2.21. The summed E-state index contributed by atoms with van der Waals surface area (Å²) in [5.74, 6) is 1.22. The number of H-pyrrole nitrogens is 1. The zero-order valence-electron chi connectivity index (χ0n) is 16.5. The molecule has 2 aromatic carbocycles. The monoisotopic (exact) mass is 392 g/mol. The van der Waals surface area contributed by atoms with E-state index in [-0.39, 0.29) is 5.91 Å². The lowest BCUT2D eigenvalue weighted by Crippen LogP contribution is -2.17. The number of nitrogens with one attached hydrogen (secondary N) is 2. The Morgan fingerprint density at radius 2 is 1.86 bits per heavy atom. The Morgan fingerprint density at radius 1 is 1.14 bits per heavy atom. The number of hydrogen-bond acceptors (Lipinski definition) is 5. The highest BCUT2D eigenvalue weighted by molar-refractivity contribution is 5.94. The Labute approximate surface area is 169 Å². The first-order valence-electron chi connectivity index (χ1n) is 9.45. The van der Waals surface area contributed by atoms with Gasteiger partial charge in [0.05, 0.1) is 25.6 Å². The molecule has 1 heterocycles. The smallest absolute Gasteiger partial charge is 0.289 e. The summed E-state index contributed by atoms with van der Waals surface area (Å²) >= 11 is 0. The van der Waals surface area contributed by atoms with Gasteiger partial charge in [0.1, 0.15) is 17.2 Å². The molecule has 0 fully saturated rings. The molecule has 0 atom stereocenters. The van der Waals surface area contributed by atoms with Gasteiger partial charge in [0.25, 0.3) is 5.91 Å². The predicted octanol–water partition coefficient (Wildman–Crippen LogP) is 4.03. The maximum absolute atomic E-state index is 12.2. The van der Waals surface area contributed by atoms with E-state index in [0.29, 0.717) is 18.0 Å². The molecule has 29 heavy (non-hydrogen) atoms. The van der Waals surface area contributed by atoms with Gasteiger partial charge in [-0.05, 0) is 66.6 Å². The largest absolute Gasteiger partial charge is 0.497 e. The number of methoxy groups -OCH3 is 1. The molecule has 150 valence electrons. The normalized spacial score (nSPS) is 10.8. The number of amides is 1. The number of aromatic nitrogens is 2. The SMILES string of the molecule is CCCCOc1ccc(-c2cc(C(=O)NN=Cc3ccc(OC)cc3)[nH]n2)cc1. The first-order chi connectivity index (χ1) is 14.2. The Bertz CT molecular complexity index is 947. The first kappa shape index (κ1) is 20.1. The topological polar surface area (TPSA) is 88.6 Å². The summed E-state index contributed by atoms with van der Waals surface area (Å²) in [6.45, 7) is 2.84. The Kier molecular flexibility index (Phi) is 7.00. The minimum atomic E-state index is -0.368. The summed E-state index contributed by atoms with van der Waals surface area (Å²) in [6.07, 6.45) is 3.69. The van der Waals surface area contributed by atoms with Crippen LogP contribution in [-0.2, 0) is 0 Å². The van der Waals surface area contributed by atoms with E-state index in [0.717, 1.165) is 35.5 Å². The van der Waals surface area contributed by atoms with Crippen LogP contribution in [0.15, 0.2) is 59.7 Å². The van der Waals surface area contributed by atoms with Gasteiger partial charge in [-0.2, -0.15) is 10.2 Å². The molecule has 7 nitrogen and oxygen atoms in total. The van der Waals surface area contributed by atoms with Crippen LogP contribution in [0.4, 0.5) is 0 Å². The molecule has 0 aliphatic rings. The summed E-state index contributed by atoms with van der Waals surface area (Å²) in [6, 6.07) is 16.7. The van der Waals surface area contributed by atoms with E-state index in [1.54, 1.807) is 19.4 Å². The minimum absolute atomic E-state index is 0.329. The van der Waals surface area contributed by atoms with E-state index in [1.807, 2.05) is 48.5 Å². The molecule has 0 saturated heterocycles. The van der Waals surface area contributed by atoms with Gasteiger partial charge in [0.2, 0.25) is 0 Å². The number of rotatable bonds is 9. The summed E-state index contributed by atoms with van der Waals surface area (Å²) < 4.78 is 10.8. The van der Waals surface area contributed by atoms with Crippen LogP contribution in [0.3, 0.4) is 0 Å². The lowest BCUT2D eigenvalue weighted by molar-refractivity contribution is 0.0950. The van der Waals surface area contributed by atoms with Crippen LogP contribution in [0.1, 0.15) is 35.8 Å². The summed E-state index contributed by atoms with van der Waals surface area (Å²) in [4.78, 5) is 12.2. The van der Waals surface area contributed by atoms with Crippen molar-refractivity contribution in [2.24, 2.45) is 5.10 Å². The van der Waals surface area contributed by atoms with Gasteiger partial charge in [0.15, 0.2) is 0 Å². The molecular weight excluding hydrogens is 368 g/mol. The van der Waals surface area contributed by atoms with E-state index in [1.165, 1.54) is 0 Å². The van der Waals surface area contributed by atoms with Gasteiger partial charge in [-0.15, -0.1) is 0 Å². The molecule has 3 rings (SSSR count). The molecule has 0 aliphatic carbocycles. The fourth-order valence-electron chi connectivity index (χ4n) is 2.56. The number of nitrogens with zero attached hydrogens (tertiary/aromatic N) is 2. The third-order valence-electron chi connectivity index (χ3n) is 4.23. The first-order valence-corrected chi connectivity index (χ1v) is 9.45. The number of hydrazone groups is 1. The molecule has 0 spiro atoms. The maximum Gasteiger partial charge on any atom is 0.289 e. The van der Waals surface area contributed by atoms with Crippen molar-refractivity contribution in [3.8, 4) is 22.8 Å². The van der Waals surface area contributed by atoms with Crippen LogP contribution in [0.5, 0.6) is 11.5 Å². The lowest BCUT2D eigenvalue weighted by Gasteiger charge is -2.05. The number of carbonyl (C=O) groups is 1. The molecule has 0 radical (unpaired) electrons. The molecular formula is C22H24N4O3. The number of aromatic amines is 1. The molecule has 1 amide bonds. The second-order valence-corrected chi connectivity index (χ2v) is 6.37. The molecule has 3 aromatic rings. The third kappa shape index (κ3) is 5.68. The van der Waals surface area contributed by atoms with E-state index < -0.39 is 0 Å². The van der Waals surface area contributed by atoms with Crippen molar-refractivity contribution in [2.75, 3.05) is 13.7 Å². The zero-order valence-corrected chi connectivity index (χ0v) is 16.5. The summed E-state index contributed by atoms with van der Waals surface area (Å²) in [5.41, 5.74) is 5.23. The Balaban J connectivity index is 1.57. The Hall–Kier alpha value is -3.61.